The van der Waals surface area contributed by atoms with E-state index < -0.39 is 0 Å². The van der Waals surface area contributed by atoms with Gasteiger partial charge in [-0.15, -0.1) is 0 Å². The molecule has 2 heterocycles. The normalized spacial score (nSPS) is 13.4. The molecule has 224 valence electrons. The van der Waals surface area contributed by atoms with E-state index >= 15 is 0 Å². The molecule has 4 heteroatoms. The number of aromatic nitrogens is 2. The van der Waals surface area contributed by atoms with Gasteiger partial charge in [-0.1, -0.05) is 135 Å². The topological polar surface area (TPSA) is 44.2 Å². The maximum absolute atomic E-state index is 6.93. The molecule has 4 nitrogen and oxygen atoms in total. The van der Waals surface area contributed by atoms with Crippen LogP contribution in [0, 0.1) is 0 Å². The number of nitrogens with zero attached hydrogens (tertiary/aromatic N) is 2. The van der Waals surface area contributed by atoms with Crippen molar-refractivity contribution in [2.24, 2.45) is 0 Å². The lowest BCUT2D eigenvalue weighted by Gasteiger charge is -2.26. The van der Waals surface area contributed by atoms with Crippen LogP contribution in [-0.4, -0.2) is 9.97 Å². The van der Waals surface area contributed by atoms with Crippen molar-refractivity contribution in [3.05, 3.63) is 157 Å². The number of hydrogen-bond acceptors (Lipinski definition) is 4. The summed E-state index contributed by atoms with van der Waals surface area (Å²) in [7, 11) is 0. The lowest BCUT2D eigenvalue weighted by atomic mass is 9.82. The smallest absolute Gasteiger partial charge is 0.179 e. The van der Waals surface area contributed by atoms with Crippen LogP contribution in [0.3, 0.4) is 0 Å². The van der Waals surface area contributed by atoms with Crippen molar-refractivity contribution in [2.45, 2.75) is 19.3 Å². The third kappa shape index (κ3) is 4.44. The van der Waals surface area contributed by atoms with Crippen LogP contribution in [0.4, 0.5) is 0 Å². The van der Waals surface area contributed by atoms with Gasteiger partial charge in [-0.3, -0.25) is 0 Å². The highest BCUT2D eigenvalue weighted by Crippen LogP contribution is 2.59. The van der Waals surface area contributed by atoms with E-state index in [1.165, 1.54) is 22.3 Å². The molecule has 0 saturated carbocycles. The minimum atomic E-state index is -0.147. The Morgan fingerprint density at radius 1 is 0.447 bits per heavy atom. The summed E-state index contributed by atoms with van der Waals surface area (Å²) in [6, 6.07) is 49.9. The zero-order chi connectivity index (χ0) is 31.5. The summed E-state index contributed by atoms with van der Waals surface area (Å²) in [5.41, 5.74) is 11.4. The van der Waals surface area contributed by atoms with Gasteiger partial charge >= 0.3 is 0 Å². The number of ether oxygens (including phenoxy) is 2. The zero-order valence-electron chi connectivity index (χ0n) is 26.1. The van der Waals surface area contributed by atoms with E-state index in [0.717, 1.165) is 45.0 Å². The molecule has 9 rings (SSSR count). The molecule has 0 spiro atoms. The fourth-order valence-electron chi connectivity index (χ4n) is 6.96. The number of hydrogen-bond donors (Lipinski definition) is 0. The van der Waals surface area contributed by atoms with Crippen LogP contribution in [0.2, 0.25) is 0 Å². The van der Waals surface area contributed by atoms with Crippen LogP contribution in [-0.2, 0) is 5.41 Å². The van der Waals surface area contributed by atoms with Gasteiger partial charge in [-0.2, -0.15) is 0 Å². The van der Waals surface area contributed by atoms with E-state index in [1.54, 1.807) is 0 Å². The molecule has 0 bridgehead atoms. The molecular formula is C43H30N2O2. The average molecular weight is 607 g/mol. The highest BCUT2D eigenvalue weighted by atomic mass is 16.6. The Morgan fingerprint density at radius 3 is 1.85 bits per heavy atom. The number of para-hydroxylation sites is 1. The minimum absolute atomic E-state index is 0.147. The largest absolute Gasteiger partial charge is 0.449 e. The Kier molecular flexibility index (Phi) is 6.12. The summed E-state index contributed by atoms with van der Waals surface area (Å²) in [4.78, 5) is 10.2. The molecule has 6 aromatic carbocycles. The monoisotopic (exact) mass is 606 g/mol. The minimum Gasteiger partial charge on any atom is -0.449 e. The number of benzene rings is 6. The summed E-state index contributed by atoms with van der Waals surface area (Å²) in [6.07, 6.45) is 0. The maximum atomic E-state index is 6.93. The summed E-state index contributed by atoms with van der Waals surface area (Å²) in [5.74, 6) is 3.42. The number of rotatable bonds is 4. The molecule has 0 amide bonds. The molecule has 2 aliphatic rings. The Labute approximate surface area is 274 Å². The molecule has 47 heavy (non-hydrogen) atoms. The third-order valence-corrected chi connectivity index (χ3v) is 9.39. The SMILES string of the molecule is CC1(C)c2ccccc2-c2c1ccc1c2Oc2c(cccc2-c2cc(-c3ccccc3)nc(-c3ccc(-c4ccccc4)cc3)n2)O1. The molecule has 1 aliphatic heterocycles. The fraction of sp³-hybridized carbons (Fsp3) is 0.0698. The molecule has 0 unspecified atom stereocenters. The highest BCUT2D eigenvalue weighted by molar-refractivity contribution is 5.89. The second-order valence-electron chi connectivity index (χ2n) is 12.6. The second kappa shape index (κ2) is 10.5. The van der Waals surface area contributed by atoms with Gasteiger partial charge in [-0.25, -0.2) is 9.97 Å². The Bertz CT molecular complexity index is 2310. The first-order valence-electron chi connectivity index (χ1n) is 15.9. The quantitative estimate of drug-likeness (QED) is 0.200. The van der Waals surface area contributed by atoms with Gasteiger partial charge in [0, 0.05) is 27.7 Å². The maximum Gasteiger partial charge on any atom is 0.179 e. The van der Waals surface area contributed by atoms with Gasteiger partial charge in [-0.05, 0) is 52.1 Å². The summed E-state index contributed by atoms with van der Waals surface area (Å²) >= 11 is 0. The van der Waals surface area contributed by atoms with Crippen LogP contribution in [0.15, 0.2) is 146 Å². The highest BCUT2D eigenvalue weighted by Gasteiger charge is 2.39. The van der Waals surface area contributed by atoms with Gasteiger partial charge in [0.1, 0.15) is 0 Å². The predicted molar refractivity (Wildman–Crippen MR) is 188 cm³/mol. The van der Waals surface area contributed by atoms with Crippen LogP contribution in [0.5, 0.6) is 23.0 Å². The third-order valence-electron chi connectivity index (χ3n) is 9.39. The molecule has 0 atom stereocenters. The van der Waals surface area contributed by atoms with E-state index in [-0.39, 0.29) is 5.41 Å². The van der Waals surface area contributed by atoms with Gasteiger partial charge in [0.2, 0.25) is 0 Å². The van der Waals surface area contributed by atoms with E-state index in [2.05, 4.69) is 105 Å². The first-order chi connectivity index (χ1) is 23.0. The zero-order valence-corrected chi connectivity index (χ0v) is 26.1. The van der Waals surface area contributed by atoms with Gasteiger partial charge < -0.3 is 9.47 Å². The van der Waals surface area contributed by atoms with E-state index in [9.17, 15) is 0 Å². The summed E-state index contributed by atoms with van der Waals surface area (Å²) in [6.45, 7) is 4.54. The molecule has 0 N–H and O–H groups in total. The Hall–Kier alpha value is -6.00. The van der Waals surface area contributed by atoms with Crippen LogP contribution >= 0.6 is 0 Å². The molecule has 1 aliphatic carbocycles. The predicted octanol–water partition coefficient (Wildman–Crippen LogP) is 11.3. The van der Waals surface area contributed by atoms with E-state index in [0.29, 0.717) is 23.1 Å². The first-order valence-corrected chi connectivity index (χ1v) is 15.9. The van der Waals surface area contributed by atoms with Crippen molar-refractivity contribution in [1.29, 1.82) is 0 Å². The molecule has 0 fully saturated rings. The molecule has 1 aromatic heterocycles. The van der Waals surface area contributed by atoms with Crippen LogP contribution in [0.25, 0.3) is 56.2 Å². The van der Waals surface area contributed by atoms with Crippen molar-refractivity contribution in [2.75, 3.05) is 0 Å². The summed E-state index contributed by atoms with van der Waals surface area (Å²) < 4.78 is 13.5. The first kappa shape index (κ1) is 27.3. The standard InChI is InChI=1S/C43H30N2O2/c1-43(2)33-18-10-9-16-31(33)39-34(43)24-25-38-41(39)47-40-32(17-11-19-37(40)46-38)36-26-35(29-14-7-4-8-15-29)44-42(45-36)30-22-20-28(21-23-30)27-12-5-3-6-13-27/h3-26H,1-2H3. The lowest BCUT2D eigenvalue weighted by molar-refractivity contribution is 0.361. The molecule has 0 saturated heterocycles. The van der Waals surface area contributed by atoms with Crippen molar-refractivity contribution in [3.63, 3.8) is 0 Å². The van der Waals surface area contributed by atoms with Gasteiger partial charge in [0.25, 0.3) is 0 Å². The van der Waals surface area contributed by atoms with Crippen molar-refractivity contribution < 1.29 is 9.47 Å². The van der Waals surface area contributed by atoms with Gasteiger partial charge in [0.05, 0.1) is 11.4 Å². The lowest BCUT2D eigenvalue weighted by Crippen LogP contribution is -2.15. The molecular weight excluding hydrogens is 576 g/mol. The Balaban J connectivity index is 1.18. The summed E-state index contributed by atoms with van der Waals surface area (Å²) in [5, 5.41) is 0. The molecule has 7 aromatic rings. The van der Waals surface area contributed by atoms with Crippen molar-refractivity contribution >= 4 is 0 Å². The van der Waals surface area contributed by atoms with Gasteiger partial charge in [0.15, 0.2) is 28.8 Å². The Morgan fingerprint density at radius 2 is 1.06 bits per heavy atom. The van der Waals surface area contributed by atoms with Crippen LogP contribution < -0.4 is 9.47 Å². The fourth-order valence-corrected chi connectivity index (χ4v) is 6.96. The van der Waals surface area contributed by atoms with E-state index in [1.807, 2.05) is 54.6 Å². The van der Waals surface area contributed by atoms with Crippen LogP contribution in [0.1, 0.15) is 25.0 Å². The van der Waals surface area contributed by atoms with Crippen molar-refractivity contribution in [3.8, 4) is 79.2 Å². The average Bonchev–Trinajstić information content (AvgIpc) is 3.37. The molecule has 0 radical (unpaired) electrons. The van der Waals surface area contributed by atoms with E-state index in [4.69, 9.17) is 19.4 Å². The number of fused-ring (bicyclic) bond motifs is 6. The second-order valence-corrected chi connectivity index (χ2v) is 12.6. The van der Waals surface area contributed by atoms with Crippen molar-refractivity contribution in [1.82, 2.24) is 9.97 Å².